The fourth-order valence-electron chi connectivity index (χ4n) is 2.03. The third-order valence-corrected chi connectivity index (χ3v) is 2.84. The fraction of sp³-hybridized carbons (Fsp3) is 0.333. The van der Waals surface area contributed by atoms with Gasteiger partial charge in [0.15, 0.2) is 0 Å². The van der Waals surface area contributed by atoms with Gasteiger partial charge in [0, 0.05) is 5.56 Å². The second-order valence-corrected chi connectivity index (χ2v) is 4.86. The zero-order chi connectivity index (χ0) is 11.2. The molecule has 0 amide bonds. The van der Waals surface area contributed by atoms with Crippen molar-refractivity contribution in [2.45, 2.75) is 26.3 Å². The number of hydrogen-bond donors (Lipinski definition) is 1. The minimum Gasteiger partial charge on any atom is -0.374 e. The number of fused-ring (bicyclic) bond motifs is 1. The Morgan fingerprint density at radius 1 is 1.33 bits per heavy atom. The van der Waals surface area contributed by atoms with E-state index in [1.807, 2.05) is 20.8 Å². The van der Waals surface area contributed by atoms with Crippen LogP contribution < -0.4 is 5.32 Å². The van der Waals surface area contributed by atoms with Crippen LogP contribution in [0.15, 0.2) is 18.2 Å². The van der Waals surface area contributed by atoms with E-state index in [1.54, 1.807) is 6.07 Å². The summed E-state index contributed by atoms with van der Waals surface area (Å²) < 4.78 is 13.6. The molecule has 0 spiro atoms. The summed E-state index contributed by atoms with van der Waals surface area (Å²) in [7, 11) is 0. The Bertz CT molecular complexity index is 449. The zero-order valence-electron chi connectivity index (χ0n) is 8.99. The Morgan fingerprint density at radius 3 is 2.67 bits per heavy atom. The van der Waals surface area contributed by atoms with Gasteiger partial charge in [-0.05, 0) is 38.5 Å². The number of benzene rings is 1. The molecule has 0 bridgehead atoms. The van der Waals surface area contributed by atoms with E-state index in [-0.39, 0.29) is 11.4 Å². The number of halogens is 2. The number of nitrogens with one attached hydrogen (secondary N) is 1. The van der Waals surface area contributed by atoms with Crippen LogP contribution in [0.3, 0.4) is 0 Å². The van der Waals surface area contributed by atoms with E-state index >= 15 is 0 Å². The van der Waals surface area contributed by atoms with Gasteiger partial charge in [-0.3, -0.25) is 0 Å². The van der Waals surface area contributed by atoms with Crippen molar-refractivity contribution >= 4 is 22.9 Å². The molecule has 15 heavy (non-hydrogen) atoms. The third kappa shape index (κ3) is 1.74. The lowest BCUT2D eigenvalue weighted by Gasteiger charge is -2.32. The Hall–Kier alpha value is -1.02. The van der Waals surface area contributed by atoms with Crippen LogP contribution in [0.25, 0.3) is 5.57 Å². The molecule has 2 rings (SSSR count). The molecule has 1 aromatic carbocycles. The number of hydrogen-bond acceptors (Lipinski definition) is 1. The van der Waals surface area contributed by atoms with Crippen molar-refractivity contribution in [2.75, 3.05) is 5.32 Å². The van der Waals surface area contributed by atoms with E-state index in [2.05, 4.69) is 11.4 Å². The van der Waals surface area contributed by atoms with Crippen molar-refractivity contribution in [2.24, 2.45) is 0 Å². The molecule has 0 saturated carbocycles. The second-order valence-electron chi connectivity index (χ2n) is 4.45. The van der Waals surface area contributed by atoms with Crippen LogP contribution in [0.5, 0.6) is 0 Å². The normalized spacial score (nSPS) is 17.8. The molecule has 1 heterocycles. The summed E-state index contributed by atoms with van der Waals surface area (Å²) in [6.45, 7) is 5.95. The molecule has 0 saturated heterocycles. The smallest absolute Gasteiger partial charge is 0.147 e. The minimum absolute atomic E-state index is 0.234. The molecular weight excluding hydrogens is 213 g/mol. The highest BCUT2D eigenvalue weighted by atomic mass is 35.5. The first-order valence-corrected chi connectivity index (χ1v) is 5.24. The van der Waals surface area contributed by atoms with Crippen molar-refractivity contribution in [3.05, 3.63) is 34.6 Å². The molecule has 1 aliphatic heterocycles. The molecular formula is C12H13ClFN. The van der Waals surface area contributed by atoms with Gasteiger partial charge in [-0.2, -0.15) is 0 Å². The van der Waals surface area contributed by atoms with Crippen LogP contribution in [0.4, 0.5) is 10.1 Å². The first kappa shape index (κ1) is 10.5. The molecule has 0 atom stereocenters. The Morgan fingerprint density at radius 2 is 2.00 bits per heavy atom. The fourth-order valence-corrected chi connectivity index (χ4v) is 2.34. The maximum Gasteiger partial charge on any atom is 0.147 e. The Kier molecular flexibility index (Phi) is 2.27. The quantitative estimate of drug-likeness (QED) is 0.702. The number of anilines is 1. The highest BCUT2D eigenvalue weighted by Gasteiger charge is 2.26. The highest BCUT2D eigenvalue weighted by molar-refractivity contribution is 6.33. The van der Waals surface area contributed by atoms with Gasteiger partial charge in [0.05, 0.1) is 16.2 Å². The summed E-state index contributed by atoms with van der Waals surface area (Å²) in [6.07, 6.45) is 2.06. The zero-order valence-corrected chi connectivity index (χ0v) is 9.74. The van der Waals surface area contributed by atoms with Crippen molar-refractivity contribution in [1.82, 2.24) is 0 Å². The van der Waals surface area contributed by atoms with Crippen molar-refractivity contribution < 1.29 is 4.39 Å². The third-order valence-electron chi connectivity index (χ3n) is 2.52. The molecule has 1 aromatic rings. The molecule has 0 aliphatic carbocycles. The summed E-state index contributed by atoms with van der Waals surface area (Å²) in [4.78, 5) is 0. The van der Waals surface area contributed by atoms with Crippen LogP contribution in [-0.2, 0) is 0 Å². The monoisotopic (exact) mass is 225 g/mol. The summed E-state index contributed by atoms with van der Waals surface area (Å²) in [5.74, 6) is -0.255. The topological polar surface area (TPSA) is 12.0 Å². The lowest BCUT2D eigenvalue weighted by Crippen LogP contribution is -2.32. The predicted molar refractivity (Wildman–Crippen MR) is 62.8 cm³/mol. The van der Waals surface area contributed by atoms with Gasteiger partial charge in [0.25, 0.3) is 0 Å². The molecule has 0 aromatic heterocycles. The van der Waals surface area contributed by atoms with E-state index < -0.39 is 0 Å². The second kappa shape index (κ2) is 3.24. The predicted octanol–water partition coefficient (Wildman–Crippen LogP) is 4.09. The van der Waals surface area contributed by atoms with Crippen molar-refractivity contribution in [1.29, 1.82) is 0 Å². The Labute approximate surface area is 93.9 Å². The summed E-state index contributed by atoms with van der Waals surface area (Å²) in [6, 6.07) is 2.98. The van der Waals surface area contributed by atoms with Crippen LogP contribution in [0.1, 0.15) is 26.3 Å². The van der Waals surface area contributed by atoms with Crippen molar-refractivity contribution in [3.63, 3.8) is 0 Å². The molecule has 0 radical (unpaired) electrons. The molecule has 1 N–H and O–H groups in total. The molecule has 1 nitrogen and oxygen atoms in total. The van der Waals surface area contributed by atoms with Gasteiger partial charge in [-0.25, -0.2) is 4.39 Å². The average molecular weight is 226 g/mol. The summed E-state index contributed by atoms with van der Waals surface area (Å²) >= 11 is 6.05. The lowest BCUT2D eigenvalue weighted by atomic mass is 9.91. The number of rotatable bonds is 0. The van der Waals surface area contributed by atoms with Gasteiger partial charge in [0.1, 0.15) is 5.82 Å². The largest absolute Gasteiger partial charge is 0.374 e. The van der Waals surface area contributed by atoms with E-state index in [0.29, 0.717) is 10.7 Å². The van der Waals surface area contributed by atoms with E-state index in [4.69, 9.17) is 11.6 Å². The lowest BCUT2D eigenvalue weighted by molar-refractivity contribution is 0.615. The van der Waals surface area contributed by atoms with E-state index in [0.717, 1.165) is 11.1 Å². The van der Waals surface area contributed by atoms with Crippen LogP contribution in [0, 0.1) is 5.82 Å². The first-order chi connectivity index (χ1) is 6.91. The SMILES string of the molecule is CC1=CC(C)(C)Nc2c(F)ccc(Cl)c21. The van der Waals surface area contributed by atoms with Crippen LogP contribution in [-0.4, -0.2) is 5.54 Å². The first-order valence-electron chi connectivity index (χ1n) is 4.87. The standard InChI is InChI=1S/C12H13ClFN/c1-7-6-12(2,3)15-11-9(14)5-4-8(13)10(7)11/h4-6,15H,1-3H3. The van der Waals surface area contributed by atoms with Gasteiger partial charge in [0.2, 0.25) is 0 Å². The molecule has 3 heteroatoms. The highest BCUT2D eigenvalue weighted by Crippen LogP contribution is 2.39. The number of allylic oxidation sites excluding steroid dienone is 1. The van der Waals surface area contributed by atoms with E-state index in [1.165, 1.54) is 6.07 Å². The summed E-state index contributed by atoms with van der Waals surface area (Å²) in [5, 5.41) is 3.73. The maximum absolute atomic E-state index is 13.6. The average Bonchev–Trinajstić information content (AvgIpc) is 2.09. The molecule has 80 valence electrons. The summed E-state index contributed by atoms with van der Waals surface area (Å²) in [5.41, 5.74) is 2.06. The van der Waals surface area contributed by atoms with Crippen LogP contribution >= 0.6 is 11.6 Å². The molecule has 0 unspecified atom stereocenters. The van der Waals surface area contributed by atoms with Crippen LogP contribution in [0.2, 0.25) is 5.02 Å². The minimum atomic E-state index is -0.255. The Balaban J connectivity index is 2.69. The van der Waals surface area contributed by atoms with Gasteiger partial charge in [-0.1, -0.05) is 17.7 Å². The molecule has 0 fully saturated rings. The van der Waals surface area contributed by atoms with Gasteiger partial charge in [-0.15, -0.1) is 0 Å². The van der Waals surface area contributed by atoms with E-state index in [9.17, 15) is 4.39 Å². The van der Waals surface area contributed by atoms with Crippen molar-refractivity contribution in [3.8, 4) is 0 Å². The molecule has 1 aliphatic rings. The van der Waals surface area contributed by atoms with Gasteiger partial charge < -0.3 is 5.32 Å². The van der Waals surface area contributed by atoms with Gasteiger partial charge >= 0.3 is 0 Å². The maximum atomic E-state index is 13.6.